The van der Waals surface area contributed by atoms with Crippen molar-refractivity contribution in [2.75, 3.05) is 13.6 Å². The predicted molar refractivity (Wildman–Crippen MR) is 117 cm³/mol. The number of nitrogens with one attached hydrogen (secondary N) is 2. The molecular formula is C19H25IN6O. The summed E-state index contributed by atoms with van der Waals surface area (Å²) in [5, 5.41) is 10.7. The molecule has 0 radical (unpaired) electrons. The van der Waals surface area contributed by atoms with E-state index in [0.717, 1.165) is 36.1 Å². The minimum Gasteiger partial charge on any atom is -0.444 e. The summed E-state index contributed by atoms with van der Waals surface area (Å²) in [5.41, 5.74) is 3.23. The molecular weight excluding hydrogens is 455 g/mol. The van der Waals surface area contributed by atoms with E-state index >= 15 is 0 Å². The van der Waals surface area contributed by atoms with Crippen LogP contribution in [0, 0.1) is 13.8 Å². The van der Waals surface area contributed by atoms with Crippen LogP contribution in [0.5, 0.6) is 0 Å². The van der Waals surface area contributed by atoms with Gasteiger partial charge in [0.25, 0.3) is 0 Å². The van der Waals surface area contributed by atoms with E-state index in [-0.39, 0.29) is 24.0 Å². The topological polar surface area (TPSA) is 80.3 Å². The number of oxazole rings is 1. The van der Waals surface area contributed by atoms with Gasteiger partial charge in [-0.3, -0.25) is 4.99 Å². The van der Waals surface area contributed by atoms with E-state index in [1.807, 2.05) is 30.8 Å². The molecule has 0 atom stereocenters. The number of aryl methyl sites for hydroxylation is 2. The Kier molecular flexibility index (Phi) is 7.83. The Hall–Kier alpha value is -2.36. The van der Waals surface area contributed by atoms with Gasteiger partial charge in [-0.05, 0) is 44.0 Å². The SMILES string of the molecule is CN=C(NCCc1ccc(-n2cccn2)cc1)NCc1nc(C)c(C)o1.I. The Morgan fingerprint density at radius 3 is 2.56 bits per heavy atom. The number of aliphatic imine (C=N–C) groups is 1. The molecule has 1 aromatic carbocycles. The summed E-state index contributed by atoms with van der Waals surface area (Å²) in [6, 6.07) is 10.3. The molecule has 0 spiro atoms. The van der Waals surface area contributed by atoms with Gasteiger partial charge in [-0.25, -0.2) is 9.67 Å². The maximum absolute atomic E-state index is 5.56. The van der Waals surface area contributed by atoms with Crippen LogP contribution in [-0.2, 0) is 13.0 Å². The molecule has 2 heterocycles. The molecule has 144 valence electrons. The summed E-state index contributed by atoms with van der Waals surface area (Å²) in [5.74, 6) is 2.24. The molecule has 0 amide bonds. The second-order valence-corrected chi connectivity index (χ2v) is 5.97. The second kappa shape index (κ2) is 10.1. The van der Waals surface area contributed by atoms with E-state index < -0.39 is 0 Å². The van der Waals surface area contributed by atoms with Crippen molar-refractivity contribution >= 4 is 29.9 Å². The molecule has 3 rings (SSSR count). The van der Waals surface area contributed by atoms with E-state index in [2.05, 4.69) is 50.0 Å². The van der Waals surface area contributed by atoms with Gasteiger partial charge in [-0.1, -0.05) is 12.1 Å². The van der Waals surface area contributed by atoms with Crippen molar-refractivity contribution in [1.29, 1.82) is 0 Å². The van der Waals surface area contributed by atoms with Crippen molar-refractivity contribution in [2.24, 2.45) is 4.99 Å². The molecule has 2 aromatic heterocycles. The van der Waals surface area contributed by atoms with Gasteiger partial charge in [-0.15, -0.1) is 24.0 Å². The van der Waals surface area contributed by atoms with Crippen molar-refractivity contribution in [3.8, 4) is 5.69 Å². The molecule has 3 aromatic rings. The van der Waals surface area contributed by atoms with E-state index in [9.17, 15) is 0 Å². The van der Waals surface area contributed by atoms with Gasteiger partial charge in [0.1, 0.15) is 5.76 Å². The fraction of sp³-hybridized carbons (Fsp3) is 0.316. The second-order valence-electron chi connectivity index (χ2n) is 5.97. The number of benzene rings is 1. The number of hydrogen-bond acceptors (Lipinski definition) is 4. The Balaban J connectivity index is 0.00000261. The summed E-state index contributed by atoms with van der Waals surface area (Å²) in [6.45, 7) is 5.14. The van der Waals surface area contributed by atoms with E-state index in [1.54, 1.807) is 13.2 Å². The smallest absolute Gasteiger partial charge is 0.214 e. The number of aromatic nitrogens is 3. The van der Waals surface area contributed by atoms with Crippen LogP contribution in [0.4, 0.5) is 0 Å². The van der Waals surface area contributed by atoms with E-state index in [4.69, 9.17) is 4.42 Å². The lowest BCUT2D eigenvalue weighted by Crippen LogP contribution is -2.37. The molecule has 7 nitrogen and oxygen atoms in total. The molecule has 0 aliphatic heterocycles. The van der Waals surface area contributed by atoms with Crippen molar-refractivity contribution in [3.63, 3.8) is 0 Å². The van der Waals surface area contributed by atoms with Crippen LogP contribution in [-0.4, -0.2) is 34.3 Å². The summed E-state index contributed by atoms with van der Waals surface area (Å²) >= 11 is 0. The molecule has 0 saturated carbocycles. The first-order valence-electron chi connectivity index (χ1n) is 8.62. The van der Waals surface area contributed by atoms with Crippen LogP contribution in [0.1, 0.15) is 22.9 Å². The third-order valence-electron chi connectivity index (χ3n) is 4.11. The zero-order chi connectivity index (χ0) is 18.4. The quantitative estimate of drug-likeness (QED) is 0.322. The third kappa shape index (κ3) is 5.81. The average molecular weight is 480 g/mol. The fourth-order valence-corrected chi connectivity index (χ4v) is 2.56. The number of rotatable bonds is 6. The first-order valence-corrected chi connectivity index (χ1v) is 8.62. The zero-order valence-corrected chi connectivity index (χ0v) is 18.1. The van der Waals surface area contributed by atoms with Crippen molar-refractivity contribution in [3.05, 3.63) is 65.6 Å². The number of hydrogen-bond donors (Lipinski definition) is 2. The monoisotopic (exact) mass is 480 g/mol. The van der Waals surface area contributed by atoms with Gasteiger partial charge in [0.15, 0.2) is 5.96 Å². The molecule has 0 fully saturated rings. The van der Waals surface area contributed by atoms with Crippen LogP contribution in [0.25, 0.3) is 5.69 Å². The normalized spacial score (nSPS) is 11.1. The van der Waals surface area contributed by atoms with Gasteiger partial charge in [0.2, 0.25) is 5.89 Å². The average Bonchev–Trinajstić information content (AvgIpc) is 3.29. The highest BCUT2D eigenvalue weighted by Gasteiger charge is 2.06. The highest BCUT2D eigenvalue weighted by Crippen LogP contribution is 2.09. The summed E-state index contributed by atoms with van der Waals surface area (Å²) in [6.07, 6.45) is 4.61. The lowest BCUT2D eigenvalue weighted by molar-refractivity contribution is 0.464. The van der Waals surface area contributed by atoms with Gasteiger partial charge in [0.05, 0.1) is 17.9 Å². The highest BCUT2D eigenvalue weighted by molar-refractivity contribution is 14.0. The molecule has 2 N–H and O–H groups in total. The van der Waals surface area contributed by atoms with Crippen molar-refractivity contribution in [1.82, 2.24) is 25.4 Å². The summed E-state index contributed by atoms with van der Waals surface area (Å²) < 4.78 is 7.41. The molecule has 0 bridgehead atoms. The Labute approximate surface area is 176 Å². The standard InChI is InChI=1S/C19H24N6O.HI/c1-14-15(2)26-18(24-14)13-22-19(20-3)21-11-9-16-5-7-17(8-6-16)25-12-4-10-23-25;/h4-8,10,12H,9,11,13H2,1-3H3,(H2,20,21,22);1H. The van der Waals surface area contributed by atoms with Crippen LogP contribution in [0.15, 0.2) is 52.1 Å². The fourth-order valence-electron chi connectivity index (χ4n) is 2.56. The highest BCUT2D eigenvalue weighted by atomic mass is 127. The van der Waals surface area contributed by atoms with Crippen LogP contribution in [0.3, 0.4) is 0 Å². The third-order valence-corrected chi connectivity index (χ3v) is 4.11. The number of nitrogens with zero attached hydrogens (tertiary/aromatic N) is 4. The summed E-state index contributed by atoms with van der Waals surface area (Å²) in [4.78, 5) is 8.58. The van der Waals surface area contributed by atoms with Crippen LogP contribution < -0.4 is 10.6 Å². The Morgan fingerprint density at radius 2 is 1.96 bits per heavy atom. The molecule has 0 saturated heterocycles. The minimum atomic E-state index is 0. The molecule has 0 aliphatic rings. The lowest BCUT2D eigenvalue weighted by Gasteiger charge is -2.11. The molecule has 8 heteroatoms. The Bertz CT molecular complexity index is 835. The number of halogens is 1. The van der Waals surface area contributed by atoms with E-state index in [0.29, 0.717) is 12.4 Å². The minimum absolute atomic E-state index is 0. The predicted octanol–water partition coefficient (Wildman–Crippen LogP) is 3.00. The largest absolute Gasteiger partial charge is 0.444 e. The van der Waals surface area contributed by atoms with Crippen molar-refractivity contribution in [2.45, 2.75) is 26.8 Å². The lowest BCUT2D eigenvalue weighted by atomic mass is 10.1. The van der Waals surface area contributed by atoms with Gasteiger partial charge in [0, 0.05) is 26.0 Å². The summed E-state index contributed by atoms with van der Waals surface area (Å²) in [7, 11) is 1.75. The Morgan fingerprint density at radius 1 is 1.19 bits per heavy atom. The first-order chi connectivity index (χ1) is 12.7. The van der Waals surface area contributed by atoms with E-state index in [1.165, 1.54) is 5.56 Å². The molecule has 0 unspecified atom stereocenters. The molecule has 27 heavy (non-hydrogen) atoms. The molecule has 0 aliphatic carbocycles. The maximum atomic E-state index is 5.56. The van der Waals surface area contributed by atoms with Gasteiger partial charge < -0.3 is 15.1 Å². The first kappa shape index (κ1) is 20.9. The van der Waals surface area contributed by atoms with Crippen molar-refractivity contribution < 1.29 is 4.42 Å². The zero-order valence-electron chi connectivity index (χ0n) is 15.8. The number of guanidine groups is 1. The maximum Gasteiger partial charge on any atom is 0.214 e. The van der Waals surface area contributed by atoms with Crippen LogP contribution in [0.2, 0.25) is 0 Å². The van der Waals surface area contributed by atoms with Gasteiger partial charge >= 0.3 is 0 Å². The van der Waals surface area contributed by atoms with Crippen LogP contribution >= 0.6 is 24.0 Å². The van der Waals surface area contributed by atoms with Gasteiger partial charge in [-0.2, -0.15) is 5.10 Å².